The van der Waals surface area contributed by atoms with Crippen LogP contribution in [0.2, 0.25) is 0 Å². The van der Waals surface area contributed by atoms with Crippen molar-refractivity contribution in [3.05, 3.63) is 0 Å². The lowest BCUT2D eigenvalue weighted by atomic mass is 10.0. The van der Waals surface area contributed by atoms with E-state index in [-0.39, 0.29) is 5.91 Å². The first kappa shape index (κ1) is 11.5. The Labute approximate surface area is 75.7 Å². The van der Waals surface area contributed by atoms with Crippen molar-refractivity contribution in [1.29, 1.82) is 0 Å². The first-order chi connectivity index (χ1) is 5.66. The second-order valence-corrected chi connectivity index (χ2v) is 3.52. The summed E-state index contributed by atoms with van der Waals surface area (Å²) in [7, 11) is 0. The Morgan fingerprint density at radius 2 is 2.08 bits per heavy atom. The third kappa shape index (κ3) is 7.58. The van der Waals surface area contributed by atoms with Crippen LogP contribution in [0.25, 0.3) is 0 Å². The molecule has 72 valence electrons. The van der Waals surface area contributed by atoms with Gasteiger partial charge in [-0.15, -0.1) is 0 Å². The van der Waals surface area contributed by atoms with Gasteiger partial charge in [-0.25, -0.2) is 0 Å². The summed E-state index contributed by atoms with van der Waals surface area (Å²) in [5, 5.41) is 2.80. The molecule has 0 aliphatic rings. The minimum atomic E-state index is 0.0816. The number of hydrogen-bond acceptors (Lipinski definition) is 1. The van der Waals surface area contributed by atoms with Gasteiger partial charge in [-0.05, 0) is 18.8 Å². The average molecular weight is 171 g/mol. The maximum Gasteiger partial charge on any atom is 0.216 e. The topological polar surface area (TPSA) is 29.1 Å². The Morgan fingerprint density at radius 3 is 2.58 bits per heavy atom. The van der Waals surface area contributed by atoms with Crippen molar-refractivity contribution in [3.63, 3.8) is 0 Å². The molecule has 0 saturated heterocycles. The lowest BCUT2D eigenvalue weighted by Crippen LogP contribution is -2.21. The third-order valence-electron chi connectivity index (χ3n) is 2.03. The van der Waals surface area contributed by atoms with E-state index in [1.807, 2.05) is 0 Å². The first-order valence-corrected chi connectivity index (χ1v) is 4.91. The number of hydrogen-bond donors (Lipinski definition) is 1. The Morgan fingerprint density at radius 1 is 1.42 bits per heavy atom. The first-order valence-electron chi connectivity index (χ1n) is 4.91. The van der Waals surface area contributed by atoms with Crippen molar-refractivity contribution in [2.75, 3.05) is 6.54 Å². The highest BCUT2D eigenvalue weighted by Crippen LogP contribution is 2.11. The van der Waals surface area contributed by atoms with Crippen LogP contribution in [0.4, 0.5) is 0 Å². The summed E-state index contributed by atoms with van der Waals surface area (Å²) in [5.41, 5.74) is 0. The fourth-order valence-corrected chi connectivity index (χ4v) is 1.35. The van der Waals surface area contributed by atoms with Crippen LogP contribution in [0.1, 0.15) is 46.5 Å². The van der Waals surface area contributed by atoms with E-state index in [1.165, 1.54) is 19.3 Å². The molecule has 12 heavy (non-hydrogen) atoms. The molecular formula is C10H21NO. The average Bonchev–Trinajstić information content (AvgIpc) is 1.98. The van der Waals surface area contributed by atoms with Gasteiger partial charge >= 0.3 is 0 Å². The molecule has 0 bridgehead atoms. The SMILES string of the molecule is CCCC(C)CCCNC(C)=O. The van der Waals surface area contributed by atoms with E-state index in [0.29, 0.717) is 0 Å². The van der Waals surface area contributed by atoms with E-state index in [9.17, 15) is 4.79 Å². The zero-order valence-corrected chi connectivity index (χ0v) is 8.52. The van der Waals surface area contributed by atoms with E-state index in [2.05, 4.69) is 19.2 Å². The Bertz CT molecular complexity index is 123. The normalized spacial score (nSPS) is 12.6. The number of carbonyl (C=O) groups is 1. The number of rotatable bonds is 6. The Hall–Kier alpha value is -0.530. The summed E-state index contributed by atoms with van der Waals surface area (Å²) in [6.07, 6.45) is 4.91. The van der Waals surface area contributed by atoms with Crippen molar-refractivity contribution >= 4 is 5.91 Å². The van der Waals surface area contributed by atoms with E-state index >= 15 is 0 Å². The number of amides is 1. The molecule has 1 atom stereocenters. The van der Waals surface area contributed by atoms with Gasteiger partial charge in [0.05, 0.1) is 0 Å². The van der Waals surface area contributed by atoms with Gasteiger partial charge in [-0.1, -0.05) is 26.7 Å². The molecular weight excluding hydrogens is 150 g/mol. The molecule has 0 aromatic rings. The van der Waals surface area contributed by atoms with Gasteiger partial charge in [-0.2, -0.15) is 0 Å². The van der Waals surface area contributed by atoms with Crippen LogP contribution in [-0.2, 0) is 4.79 Å². The zero-order chi connectivity index (χ0) is 9.40. The lowest BCUT2D eigenvalue weighted by Gasteiger charge is -2.09. The van der Waals surface area contributed by atoms with Crippen molar-refractivity contribution in [1.82, 2.24) is 5.32 Å². The molecule has 0 aromatic carbocycles. The van der Waals surface area contributed by atoms with Gasteiger partial charge in [-0.3, -0.25) is 4.79 Å². The lowest BCUT2D eigenvalue weighted by molar-refractivity contribution is -0.118. The Kier molecular flexibility index (Phi) is 6.82. The van der Waals surface area contributed by atoms with E-state index in [1.54, 1.807) is 6.92 Å². The fraction of sp³-hybridized carbons (Fsp3) is 0.900. The summed E-state index contributed by atoms with van der Waals surface area (Å²) in [5.74, 6) is 0.891. The van der Waals surface area contributed by atoms with Crippen molar-refractivity contribution < 1.29 is 4.79 Å². The maximum atomic E-state index is 10.5. The Balaban J connectivity index is 3.13. The van der Waals surface area contributed by atoms with Gasteiger partial charge < -0.3 is 5.32 Å². The van der Waals surface area contributed by atoms with Crippen molar-refractivity contribution in [3.8, 4) is 0 Å². The van der Waals surface area contributed by atoms with Crippen LogP contribution in [0.15, 0.2) is 0 Å². The largest absolute Gasteiger partial charge is 0.356 e. The number of carbonyl (C=O) groups excluding carboxylic acids is 1. The van der Waals surface area contributed by atoms with Crippen LogP contribution in [0.5, 0.6) is 0 Å². The standard InChI is InChI=1S/C10H21NO/c1-4-6-9(2)7-5-8-11-10(3)12/h9H,4-8H2,1-3H3,(H,11,12). The summed E-state index contributed by atoms with van der Waals surface area (Å²) >= 11 is 0. The molecule has 0 aromatic heterocycles. The third-order valence-corrected chi connectivity index (χ3v) is 2.03. The summed E-state index contributed by atoms with van der Waals surface area (Å²) in [6.45, 7) is 6.89. The number of nitrogens with one attached hydrogen (secondary N) is 1. The second kappa shape index (κ2) is 7.14. The summed E-state index contributed by atoms with van der Waals surface area (Å²) in [4.78, 5) is 10.5. The van der Waals surface area contributed by atoms with Crippen LogP contribution in [0, 0.1) is 5.92 Å². The summed E-state index contributed by atoms with van der Waals surface area (Å²) < 4.78 is 0. The van der Waals surface area contributed by atoms with Gasteiger partial charge in [0, 0.05) is 13.5 Å². The highest BCUT2D eigenvalue weighted by molar-refractivity contribution is 5.72. The molecule has 1 N–H and O–H groups in total. The van der Waals surface area contributed by atoms with Crippen molar-refractivity contribution in [2.24, 2.45) is 5.92 Å². The van der Waals surface area contributed by atoms with E-state index in [0.717, 1.165) is 18.9 Å². The van der Waals surface area contributed by atoms with E-state index in [4.69, 9.17) is 0 Å². The predicted octanol–water partition coefficient (Wildman–Crippen LogP) is 2.34. The zero-order valence-electron chi connectivity index (χ0n) is 8.52. The minimum Gasteiger partial charge on any atom is -0.356 e. The van der Waals surface area contributed by atoms with Gasteiger partial charge in [0.25, 0.3) is 0 Å². The molecule has 0 heterocycles. The second-order valence-electron chi connectivity index (χ2n) is 3.52. The highest BCUT2D eigenvalue weighted by Gasteiger charge is 1.99. The molecule has 0 spiro atoms. The molecule has 1 amide bonds. The van der Waals surface area contributed by atoms with Gasteiger partial charge in [0.2, 0.25) is 5.91 Å². The molecule has 0 aliphatic heterocycles. The van der Waals surface area contributed by atoms with Crippen LogP contribution in [0.3, 0.4) is 0 Å². The van der Waals surface area contributed by atoms with Gasteiger partial charge in [0.15, 0.2) is 0 Å². The smallest absolute Gasteiger partial charge is 0.216 e. The minimum absolute atomic E-state index is 0.0816. The molecule has 0 aliphatic carbocycles. The summed E-state index contributed by atoms with van der Waals surface area (Å²) in [6, 6.07) is 0. The molecule has 0 fully saturated rings. The molecule has 0 radical (unpaired) electrons. The monoisotopic (exact) mass is 171 g/mol. The molecule has 2 nitrogen and oxygen atoms in total. The van der Waals surface area contributed by atoms with Crippen LogP contribution >= 0.6 is 0 Å². The van der Waals surface area contributed by atoms with E-state index < -0.39 is 0 Å². The molecule has 1 unspecified atom stereocenters. The molecule has 0 rings (SSSR count). The fourth-order valence-electron chi connectivity index (χ4n) is 1.35. The highest BCUT2D eigenvalue weighted by atomic mass is 16.1. The van der Waals surface area contributed by atoms with Crippen LogP contribution < -0.4 is 5.32 Å². The van der Waals surface area contributed by atoms with Gasteiger partial charge in [0.1, 0.15) is 0 Å². The predicted molar refractivity (Wildman–Crippen MR) is 52.0 cm³/mol. The molecule has 0 saturated carbocycles. The molecule has 2 heteroatoms. The quantitative estimate of drug-likeness (QED) is 0.611. The maximum absolute atomic E-state index is 10.5. The van der Waals surface area contributed by atoms with Crippen molar-refractivity contribution in [2.45, 2.75) is 46.5 Å². The van der Waals surface area contributed by atoms with Crippen LogP contribution in [-0.4, -0.2) is 12.5 Å².